The Balaban J connectivity index is 1.93. The molecule has 0 radical (unpaired) electrons. The Morgan fingerprint density at radius 3 is 2.50 bits per heavy atom. The van der Waals surface area contributed by atoms with E-state index in [-0.39, 0.29) is 12.1 Å². The summed E-state index contributed by atoms with van der Waals surface area (Å²) >= 11 is 0. The smallest absolute Gasteiger partial charge is 0.318 e. The van der Waals surface area contributed by atoms with Crippen LogP contribution in [0, 0.1) is 0 Å². The molecule has 0 spiro atoms. The van der Waals surface area contributed by atoms with Crippen molar-refractivity contribution in [3.05, 3.63) is 24.3 Å². The SMILES string of the molecule is CNC(=O)Nc1ccc(NC2CCOC2C)cc1. The van der Waals surface area contributed by atoms with Gasteiger partial charge in [-0.25, -0.2) is 4.79 Å². The maximum atomic E-state index is 11.1. The average Bonchev–Trinajstić information content (AvgIpc) is 2.77. The number of hydrogen-bond donors (Lipinski definition) is 3. The third-order valence-corrected chi connectivity index (χ3v) is 3.10. The molecule has 0 bridgehead atoms. The number of carbonyl (C=O) groups excluding carboxylic acids is 1. The molecular formula is C13H19N3O2. The third-order valence-electron chi connectivity index (χ3n) is 3.10. The van der Waals surface area contributed by atoms with Gasteiger partial charge in [-0.1, -0.05) is 0 Å². The van der Waals surface area contributed by atoms with Gasteiger partial charge in [0.2, 0.25) is 0 Å². The third kappa shape index (κ3) is 3.13. The van der Waals surface area contributed by atoms with Gasteiger partial charge in [0.25, 0.3) is 0 Å². The van der Waals surface area contributed by atoms with Crippen molar-refractivity contribution in [3.63, 3.8) is 0 Å². The van der Waals surface area contributed by atoms with Crippen LogP contribution in [0.1, 0.15) is 13.3 Å². The molecule has 1 saturated heterocycles. The van der Waals surface area contributed by atoms with Gasteiger partial charge < -0.3 is 20.7 Å². The Hall–Kier alpha value is -1.75. The van der Waals surface area contributed by atoms with E-state index in [2.05, 4.69) is 22.9 Å². The minimum Gasteiger partial charge on any atom is -0.380 e. The van der Waals surface area contributed by atoms with Gasteiger partial charge in [-0.15, -0.1) is 0 Å². The molecule has 1 aliphatic rings. The average molecular weight is 249 g/mol. The van der Waals surface area contributed by atoms with Gasteiger partial charge in [0, 0.05) is 25.0 Å². The lowest BCUT2D eigenvalue weighted by molar-refractivity contribution is 0.121. The number of ether oxygens (including phenoxy) is 1. The number of rotatable bonds is 3. The van der Waals surface area contributed by atoms with Gasteiger partial charge in [0.15, 0.2) is 0 Å². The van der Waals surface area contributed by atoms with Crippen LogP contribution in [0.5, 0.6) is 0 Å². The molecule has 1 heterocycles. The zero-order valence-corrected chi connectivity index (χ0v) is 10.7. The van der Waals surface area contributed by atoms with Crippen molar-refractivity contribution in [3.8, 4) is 0 Å². The first-order valence-corrected chi connectivity index (χ1v) is 6.16. The normalized spacial score (nSPS) is 22.6. The van der Waals surface area contributed by atoms with Gasteiger partial charge in [-0.2, -0.15) is 0 Å². The lowest BCUT2D eigenvalue weighted by Crippen LogP contribution is -2.26. The fourth-order valence-corrected chi connectivity index (χ4v) is 1.98. The van der Waals surface area contributed by atoms with Crippen LogP contribution in [0.2, 0.25) is 0 Å². The van der Waals surface area contributed by atoms with Gasteiger partial charge >= 0.3 is 6.03 Å². The van der Waals surface area contributed by atoms with Crippen molar-refractivity contribution < 1.29 is 9.53 Å². The number of urea groups is 1. The van der Waals surface area contributed by atoms with E-state index in [0.29, 0.717) is 6.04 Å². The fraction of sp³-hybridized carbons (Fsp3) is 0.462. The molecule has 1 aromatic rings. The molecule has 18 heavy (non-hydrogen) atoms. The lowest BCUT2D eigenvalue weighted by atomic mass is 10.1. The second kappa shape index (κ2) is 5.73. The monoisotopic (exact) mass is 249 g/mol. The molecule has 1 fully saturated rings. The maximum absolute atomic E-state index is 11.1. The number of anilines is 2. The predicted molar refractivity (Wildman–Crippen MR) is 72.0 cm³/mol. The van der Waals surface area contributed by atoms with Crippen molar-refractivity contribution >= 4 is 17.4 Å². The van der Waals surface area contributed by atoms with Crippen molar-refractivity contribution in [1.29, 1.82) is 0 Å². The van der Waals surface area contributed by atoms with Crippen LogP contribution in [0.3, 0.4) is 0 Å². The van der Waals surface area contributed by atoms with E-state index in [0.717, 1.165) is 24.4 Å². The molecule has 0 aromatic heterocycles. The Labute approximate surface area is 107 Å². The number of carbonyl (C=O) groups is 1. The Morgan fingerprint density at radius 1 is 1.28 bits per heavy atom. The van der Waals surface area contributed by atoms with E-state index in [1.807, 2.05) is 24.3 Å². The standard InChI is InChI=1S/C13H19N3O2/c1-9-12(7-8-18-9)15-10-3-5-11(6-4-10)16-13(17)14-2/h3-6,9,12,15H,7-8H2,1-2H3,(H2,14,16,17). The highest BCUT2D eigenvalue weighted by Gasteiger charge is 2.23. The van der Waals surface area contributed by atoms with Gasteiger partial charge in [0.05, 0.1) is 12.1 Å². The summed E-state index contributed by atoms with van der Waals surface area (Å²) < 4.78 is 5.50. The first-order valence-electron chi connectivity index (χ1n) is 6.16. The van der Waals surface area contributed by atoms with Gasteiger partial charge in [-0.05, 0) is 37.6 Å². The molecule has 5 heteroatoms. The maximum Gasteiger partial charge on any atom is 0.318 e. The minimum absolute atomic E-state index is 0.214. The van der Waals surface area contributed by atoms with E-state index < -0.39 is 0 Å². The molecule has 98 valence electrons. The zero-order valence-electron chi connectivity index (χ0n) is 10.7. The molecule has 1 aromatic carbocycles. The molecule has 2 unspecified atom stereocenters. The Kier molecular flexibility index (Phi) is 4.04. The van der Waals surface area contributed by atoms with Crippen LogP contribution < -0.4 is 16.0 Å². The van der Waals surface area contributed by atoms with E-state index in [1.54, 1.807) is 7.05 Å². The van der Waals surface area contributed by atoms with Crippen molar-refractivity contribution in [2.75, 3.05) is 24.3 Å². The summed E-state index contributed by atoms with van der Waals surface area (Å²) in [5.41, 5.74) is 1.82. The van der Waals surface area contributed by atoms with Crippen molar-refractivity contribution in [2.45, 2.75) is 25.5 Å². The van der Waals surface area contributed by atoms with Crippen LogP contribution in [0.25, 0.3) is 0 Å². The number of benzene rings is 1. The topological polar surface area (TPSA) is 62.4 Å². The summed E-state index contributed by atoms with van der Waals surface area (Å²) in [5.74, 6) is 0. The van der Waals surface area contributed by atoms with Crippen LogP contribution in [-0.2, 0) is 4.74 Å². The Morgan fingerprint density at radius 2 is 1.94 bits per heavy atom. The summed E-state index contributed by atoms with van der Waals surface area (Å²) in [5, 5.41) is 8.66. The van der Waals surface area contributed by atoms with Gasteiger partial charge in [-0.3, -0.25) is 0 Å². The van der Waals surface area contributed by atoms with Crippen molar-refractivity contribution in [1.82, 2.24) is 5.32 Å². The van der Waals surface area contributed by atoms with Crippen LogP contribution >= 0.6 is 0 Å². The summed E-state index contributed by atoms with van der Waals surface area (Å²) in [6, 6.07) is 7.80. The summed E-state index contributed by atoms with van der Waals surface area (Å²) in [6.07, 6.45) is 1.27. The van der Waals surface area contributed by atoms with Crippen LogP contribution in [-0.4, -0.2) is 31.8 Å². The number of nitrogens with one attached hydrogen (secondary N) is 3. The molecule has 2 amide bonds. The minimum atomic E-state index is -0.214. The first-order chi connectivity index (χ1) is 8.69. The van der Waals surface area contributed by atoms with E-state index in [4.69, 9.17) is 4.74 Å². The van der Waals surface area contributed by atoms with Gasteiger partial charge in [0.1, 0.15) is 0 Å². The molecule has 5 nitrogen and oxygen atoms in total. The summed E-state index contributed by atoms with van der Waals surface area (Å²) in [4.78, 5) is 11.1. The molecule has 2 rings (SSSR count). The fourth-order valence-electron chi connectivity index (χ4n) is 1.98. The number of hydrogen-bond acceptors (Lipinski definition) is 3. The Bertz CT molecular complexity index is 405. The molecule has 2 atom stereocenters. The first kappa shape index (κ1) is 12.7. The second-order valence-corrected chi connectivity index (χ2v) is 4.40. The second-order valence-electron chi connectivity index (χ2n) is 4.40. The molecule has 0 saturated carbocycles. The lowest BCUT2D eigenvalue weighted by Gasteiger charge is -2.17. The highest BCUT2D eigenvalue weighted by Crippen LogP contribution is 2.20. The highest BCUT2D eigenvalue weighted by molar-refractivity contribution is 5.89. The molecular weight excluding hydrogens is 230 g/mol. The number of amides is 2. The zero-order chi connectivity index (χ0) is 13.0. The quantitative estimate of drug-likeness (QED) is 0.768. The van der Waals surface area contributed by atoms with E-state index in [1.165, 1.54) is 0 Å². The largest absolute Gasteiger partial charge is 0.380 e. The summed E-state index contributed by atoms with van der Waals surface area (Å²) in [7, 11) is 1.59. The highest BCUT2D eigenvalue weighted by atomic mass is 16.5. The molecule has 0 aliphatic carbocycles. The molecule has 1 aliphatic heterocycles. The van der Waals surface area contributed by atoms with Crippen LogP contribution in [0.4, 0.5) is 16.2 Å². The molecule has 3 N–H and O–H groups in total. The van der Waals surface area contributed by atoms with E-state index >= 15 is 0 Å². The van der Waals surface area contributed by atoms with Crippen LogP contribution in [0.15, 0.2) is 24.3 Å². The summed E-state index contributed by atoms with van der Waals surface area (Å²) in [6.45, 7) is 2.89. The van der Waals surface area contributed by atoms with Crippen molar-refractivity contribution in [2.24, 2.45) is 0 Å². The van der Waals surface area contributed by atoms with E-state index in [9.17, 15) is 4.79 Å². The predicted octanol–water partition coefficient (Wildman–Crippen LogP) is 2.03.